The van der Waals surface area contributed by atoms with Crippen molar-refractivity contribution in [2.45, 2.75) is 45.1 Å². The Balaban J connectivity index is 1.65. The number of urea groups is 1. The van der Waals surface area contributed by atoms with Gasteiger partial charge in [-0.2, -0.15) is 0 Å². The van der Waals surface area contributed by atoms with Crippen molar-refractivity contribution in [3.05, 3.63) is 23.8 Å². The van der Waals surface area contributed by atoms with E-state index in [1.54, 1.807) is 0 Å². The Bertz CT molecular complexity index is 530. The summed E-state index contributed by atoms with van der Waals surface area (Å²) in [5.74, 6) is 1.53. The van der Waals surface area contributed by atoms with E-state index in [1.807, 2.05) is 30.1 Å². The third kappa shape index (κ3) is 2.99. The number of benzene rings is 1. The standard InChI is InChI=1S/C17H24N2O2/c1-12-5-3-4-6-15(12)19(2)17(20)18-14-7-8-16-13(11-14)9-10-21-16/h7-8,11-12,15H,3-6,9-10H2,1-2H3,(H,18,20)/t12-,15-/m0/s1. The molecule has 1 N–H and O–H groups in total. The molecule has 0 radical (unpaired) electrons. The highest BCUT2D eigenvalue weighted by molar-refractivity contribution is 5.89. The number of ether oxygens (including phenoxy) is 1. The minimum Gasteiger partial charge on any atom is -0.493 e. The largest absolute Gasteiger partial charge is 0.493 e. The Kier molecular flexibility index (Phi) is 4.04. The number of nitrogens with one attached hydrogen (secondary N) is 1. The van der Waals surface area contributed by atoms with Crippen molar-refractivity contribution in [3.63, 3.8) is 0 Å². The molecule has 4 heteroatoms. The first-order chi connectivity index (χ1) is 10.1. The van der Waals surface area contributed by atoms with Crippen LogP contribution in [-0.2, 0) is 6.42 Å². The van der Waals surface area contributed by atoms with Crippen molar-refractivity contribution in [3.8, 4) is 5.75 Å². The Hall–Kier alpha value is -1.71. The van der Waals surface area contributed by atoms with E-state index in [1.165, 1.54) is 24.8 Å². The molecule has 1 aromatic carbocycles. The molecule has 1 aromatic rings. The summed E-state index contributed by atoms with van der Waals surface area (Å²) in [6.45, 7) is 2.99. The molecule has 0 bridgehead atoms. The van der Waals surface area contributed by atoms with Gasteiger partial charge >= 0.3 is 6.03 Å². The number of hydrogen-bond donors (Lipinski definition) is 1. The Morgan fingerprint density at radius 3 is 2.95 bits per heavy atom. The van der Waals surface area contributed by atoms with Crippen LogP contribution >= 0.6 is 0 Å². The number of fused-ring (bicyclic) bond motifs is 1. The number of anilines is 1. The third-order valence-electron chi connectivity index (χ3n) is 4.82. The van der Waals surface area contributed by atoms with Gasteiger partial charge in [0, 0.05) is 25.2 Å². The van der Waals surface area contributed by atoms with Gasteiger partial charge in [0.05, 0.1) is 6.61 Å². The molecule has 0 aromatic heterocycles. The van der Waals surface area contributed by atoms with Crippen molar-refractivity contribution in [1.29, 1.82) is 0 Å². The maximum absolute atomic E-state index is 12.4. The minimum atomic E-state index is -0.00684. The molecule has 1 heterocycles. The Morgan fingerprint density at radius 1 is 1.33 bits per heavy atom. The average molecular weight is 288 g/mol. The first kappa shape index (κ1) is 14.2. The summed E-state index contributed by atoms with van der Waals surface area (Å²) in [6, 6.07) is 6.24. The molecule has 0 spiro atoms. The maximum atomic E-state index is 12.4. The van der Waals surface area contributed by atoms with E-state index < -0.39 is 0 Å². The molecule has 3 rings (SSSR count). The molecule has 0 saturated heterocycles. The van der Waals surface area contributed by atoms with Crippen molar-refractivity contribution in [2.24, 2.45) is 5.92 Å². The Labute approximate surface area is 126 Å². The van der Waals surface area contributed by atoms with E-state index in [-0.39, 0.29) is 6.03 Å². The summed E-state index contributed by atoms with van der Waals surface area (Å²) in [4.78, 5) is 14.3. The van der Waals surface area contributed by atoms with Crippen LogP contribution in [0.3, 0.4) is 0 Å². The summed E-state index contributed by atoms with van der Waals surface area (Å²) in [5.41, 5.74) is 2.04. The fourth-order valence-electron chi connectivity index (χ4n) is 3.50. The smallest absolute Gasteiger partial charge is 0.321 e. The highest BCUT2D eigenvalue weighted by atomic mass is 16.5. The van der Waals surface area contributed by atoms with Gasteiger partial charge in [-0.15, -0.1) is 0 Å². The molecule has 4 nitrogen and oxygen atoms in total. The fraction of sp³-hybridized carbons (Fsp3) is 0.588. The molecule has 1 fully saturated rings. The second kappa shape index (κ2) is 5.96. The van der Waals surface area contributed by atoms with Gasteiger partial charge in [0.25, 0.3) is 0 Å². The third-order valence-corrected chi connectivity index (χ3v) is 4.82. The molecule has 2 amide bonds. The van der Waals surface area contributed by atoms with Crippen molar-refractivity contribution in [2.75, 3.05) is 19.0 Å². The van der Waals surface area contributed by atoms with E-state index in [2.05, 4.69) is 12.2 Å². The lowest BCUT2D eigenvalue weighted by molar-refractivity contribution is 0.155. The van der Waals surface area contributed by atoms with Gasteiger partial charge in [0.1, 0.15) is 5.75 Å². The van der Waals surface area contributed by atoms with Crippen LogP contribution in [0.15, 0.2) is 18.2 Å². The number of nitrogens with zero attached hydrogens (tertiary/aromatic N) is 1. The van der Waals surface area contributed by atoms with Crippen LogP contribution in [0.25, 0.3) is 0 Å². The number of amides is 2. The summed E-state index contributed by atoms with van der Waals surface area (Å²) < 4.78 is 5.49. The summed E-state index contributed by atoms with van der Waals surface area (Å²) in [5, 5.41) is 3.02. The lowest BCUT2D eigenvalue weighted by Crippen LogP contribution is -2.44. The van der Waals surface area contributed by atoms with Crippen molar-refractivity contribution < 1.29 is 9.53 Å². The van der Waals surface area contributed by atoms with Crippen LogP contribution in [0.1, 0.15) is 38.2 Å². The van der Waals surface area contributed by atoms with Crippen LogP contribution in [-0.4, -0.2) is 30.6 Å². The number of hydrogen-bond acceptors (Lipinski definition) is 2. The molecule has 2 atom stereocenters. The van der Waals surface area contributed by atoms with Gasteiger partial charge in [0.2, 0.25) is 0 Å². The topological polar surface area (TPSA) is 41.6 Å². The predicted molar refractivity (Wildman–Crippen MR) is 83.8 cm³/mol. The van der Waals surface area contributed by atoms with Gasteiger partial charge in [-0.1, -0.05) is 19.8 Å². The molecular weight excluding hydrogens is 264 g/mol. The molecule has 1 saturated carbocycles. The van der Waals surface area contributed by atoms with Crippen LogP contribution in [0.4, 0.5) is 10.5 Å². The summed E-state index contributed by atoms with van der Waals surface area (Å²) >= 11 is 0. The quantitative estimate of drug-likeness (QED) is 0.902. The molecule has 1 aliphatic carbocycles. The highest BCUT2D eigenvalue weighted by Gasteiger charge is 2.28. The zero-order valence-electron chi connectivity index (χ0n) is 12.9. The minimum absolute atomic E-state index is 0.00684. The molecule has 0 unspecified atom stereocenters. The summed E-state index contributed by atoms with van der Waals surface area (Å²) in [7, 11) is 1.91. The normalized spacial score (nSPS) is 24.1. The van der Waals surface area contributed by atoms with Gasteiger partial charge in [-0.05, 0) is 42.5 Å². The SMILES string of the molecule is C[C@H]1CCCC[C@@H]1N(C)C(=O)Nc1ccc2c(c1)CCO2. The van der Waals surface area contributed by atoms with Crippen LogP contribution in [0.5, 0.6) is 5.75 Å². The summed E-state index contributed by atoms with van der Waals surface area (Å²) in [6.07, 6.45) is 5.77. The number of carbonyl (C=O) groups excluding carboxylic acids is 1. The van der Waals surface area contributed by atoms with Gasteiger partial charge < -0.3 is 15.0 Å². The van der Waals surface area contributed by atoms with E-state index >= 15 is 0 Å². The average Bonchev–Trinajstić information content (AvgIpc) is 2.94. The maximum Gasteiger partial charge on any atom is 0.321 e. The second-order valence-corrected chi connectivity index (χ2v) is 6.29. The van der Waals surface area contributed by atoms with Gasteiger partial charge in [-0.3, -0.25) is 0 Å². The zero-order valence-corrected chi connectivity index (χ0v) is 12.9. The van der Waals surface area contributed by atoms with Gasteiger partial charge in [-0.25, -0.2) is 4.79 Å². The molecular formula is C17H24N2O2. The van der Waals surface area contributed by atoms with Crippen LogP contribution in [0.2, 0.25) is 0 Å². The van der Waals surface area contributed by atoms with Crippen LogP contribution < -0.4 is 10.1 Å². The lowest BCUT2D eigenvalue weighted by atomic mass is 9.85. The first-order valence-corrected chi connectivity index (χ1v) is 7.94. The highest BCUT2D eigenvalue weighted by Crippen LogP contribution is 2.29. The van der Waals surface area contributed by atoms with E-state index in [9.17, 15) is 4.79 Å². The molecule has 1 aliphatic heterocycles. The van der Waals surface area contributed by atoms with E-state index in [4.69, 9.17) is 4.74 Å². The number of rotatable bonds is 2. The van der Waals surface area contributed by atoms with Crippen molar-refractivity contribution >= 4 is 11.7 Å². The van der Waals surface area contributed by atoms with E-state index in [0.29, 0.717) is 12.0 Å². The van der Waals surface area contributed by atoms with Crippen molar-refractivity contribution in [1.82, 2.24) is 4.90 Å². The Morgan fingerprint density at radius 2 is 2.14 bits per heavy atom. The fourth-order valence-corrected chi connectivity index (χ4v) is 3.50. The molecule has 114 valence electrons. The van der Waals surface area contributed by atoms with Crippen LogP contribution in [0, 0.1) is 5.92 Å². The monoisotopic (exact) mass is 288 g/mol. The number of carbonyl (C=O) groups is 1. The molecule has 2 aliphatic rings. The predicted octanol–water partition coefficient (Wildman–Crippen LogP) is 3.66. The second-order valence-electron chi connectivity index (χ2n) is 6.29. The zero-order chi connectivity index (χ0) is 14.8. The first-order valence-electron chi connectivity index (χ1n) is 7.94. The van der Waals surface area contributed by atoms with Gasteiger partial charge in [0.15, 0.2) is 0 Å². The molecule has 21 heavy (non-hydrogen) atoms. The van der Waals surface area contributed by atoms with E-state index in [0.717, 1.165) is 30.9 Å². The lowest BCUT2D eigenvalue weighted by Gasteiger charge is -2.36.